The molecule has 0 aromatic heterocycles. The highest BCUT2D eigenvalue weighted by Crippen LogP contribution is 2.40. The first-order valence-electron chi connectivity index (χ1n) is 11.8. The van der Waals surface area contributed by atoms with Gasteiger partial charge >= 0.3 is 6.18 Å². The first-order valence-corrected chi connectivity index (χ1v) is 11.8. The standard InChI is InChI=1S/C28H28F3NO6/c1-34-23-9-8-18(13-24(23)35-2)27(33)32-11-10-17-12-25(36-3)26(37-4)15-21(17)22(32)16-38-20-7-5-6-19(14-20)28(29,30)31/h5-9,12-15,22H,10-11,16H2,1-4H3/t22-/m0/s1. The Morgan fingerprint density at radius 2 is 1.53 bits per heavy atom. The largest absolute Gasteiger partial charge is 0.493 e. The smallest absolute Gasteiger partial charge is 0.416 e. The van der Waals surface area contributed by atoms with Crippen molar-refractivity contribution in [1.29, 1.82) is 0 Å². The molecule has 38 heavy (non-hydrogen) atoms. The van der Waals surface area contributed by atoms with Crippen molar-refractivity contribution < 1.29 is 41.7 Å². The minimum atomic E-state index is -4.50. The van der Waals surface area contributed by atoms with Crippen LogP contribution < -0.4 is 23.7 Å². The van der Waals surface area contributed by atoms with E-state index in [2.05, 4.69) is 0 Å². The molecule has 0 N–H and O–H groups in total. The van der Waals surface area contributed by atoms with Gasteiger partial charge in [0.15, 0.2) is 23.0 Å². The number of amides is 1. The molecule has 0 aliphatic carbocycles. The van der Waals surface area contributed by atoms with Crippen molar-refractivity contribution >= 4 is 5.91 Å². The van der Waals surface area contributed by atoms with E-state index in [1.165, 1.54) is 40.6 Å². The molecule has 1 atom stereocenters. The minimum Gasteiger partial charge on any atom is -0.493 e. The first kappa shape index (κ1) is 27.0. The van der Waals surface area contributed by atoms with Crippen molar-refractivity contribution in [2.45, 2.75) is 18.6 Å². The average Bonchev–Trinajstić information content (AvgIpc) is 2.93. The summed E-state index contributed by atoms with van der Waals surface area (Å²) in [5.41, 5.74) is 1.24. The molecule has 0 bridgehead atoms. The molecule has 0 saturated heterocycles. The van der Waals surface area contributed by atoms with Crippen molar-refractivity contribution in [3.05, 3.63) is 76.9 Å². The highest BCUT2D eigenvalue weighted by Gasteiger charge is 2.34. The molecular formula is C28H28F3NO6. The van der Waals surface area contributed by atoms with E-state index in [0.29, 0.717) is 41.5 Å². The van der Waals surface area contributed by atoms with Crippen LogP contribution in [-0.2, 0) is 12.6 Å². The van der Waals surface area contributed by atoms with Crippen molar-refractivity contribution in [2.24, 2.45) is 0 Å². The third-order valence-electron chi connectivity index (χ3n) is 6.46. The summed E-state index contributed by atoms with van der Waals surface area (Å²) in [5.74, 6) is 1.66. The monoisotopic (exact) mass is 531 g/mol. The number of alkyl halides is 3. The average molecular weight is 532 g/mol. The molecular weight excluding hydrogens is 503 g/mol. The van der Waals surface area contributed by atoms with Gasteiger partial charge in [0.05, 0.1) is 40.0 Å². The molecule has 10 heteroatoms. The summed E-state index contributed by atoms with van der Waals surface area (Å²) in [5, 5.41) is 0. The zero-order valence-electron chi connectivity index (χ0n) is 21.4. The van der Waals surface area contributed by atoms with E-state index >= 15 is 0 Å². The van der Waals surface area contributed by atoms with Crippen LogP contribution in [0.15, 0.2) is 54.6 Å². The third kappa shape index (κ3) is 5.44. The topological polar surface area (TPSA) is 66.5 Å². The van der Waals surface area contributed by atoms with Crippen molar-refractivity contribution in [1.82, 2.24) is 4.90 Å². The van der Waals surface area contributed by atoms with Gasteiger partial charge in [0, 0.05) is 12.1 Å². The quantitative estimate of drug-likeness (QED) is 0.379. The van der Waals surface area contributed by atoms with Crippen LogP contribution >= 0.6 is 0 Å². The Kier molecular flexibility index (Phi) is 7.89. The maximum Gasteiger partial charge on any atom is 0.416 e. The van der Waals surface area contributed by atoms with Crippen LogP contribution in [0.4, 0.5) is 13.2 Å². The molecule has 0 spiro atoms. The molecule has 7 nitrogen and oxygen atoms in total. The molecule has 3 aromatic rings. The number of carbonyl (C=O) groups is 1. The minimum absolute atomic E-state index is 0.0472. The van der Waals surface area contributed by atoms with Crippen molar-refractivity contribution in [3.63, 3.8) is 0 Å². The number of ether oxygens (including phenoxy) is 5. The van der Waals surface area contributed by atoms with Gasteiger partial charge < -0.3 is 28.6 Å². The van der Waals surface area contributed by atoms with Crippen molar-refractivity contribution in [3.8, 4) is 28.7 Å². The molecule has 0 fully saturated rings. The predicted octanol–water partition coefficient (Wildman–Crippen LogP) is 5.56. The molecule has 1 heterocycles. The van der Waals surface area contributed by atoms with Crippen molar-refractivity contribution in [2.75, 3.05) is 41.6 Å². The Balaban J connectivity index is 1.71. The van der Waals surface area contributed by atoms with Gasteiger partial charge in [-0.1, -0.05) is 6.07 Å². The summed E-state index contributed by atoms with van der Waals surface area (Å²) in [6.45, 7) is 0.273. The third-order valence-corrected chi connectivity index (χ3v) is 6.46. The normalized spacial score (nSPS) is 14.9. The van der Waals surface area contributed by atoms with Gasteiger partial charge in [0.25, 0.3) is 5.91 Å². The fourth-order valence-electron chi connectivity index (χ4n) is 4.52. The Bertz CT molecular complexity index is 1310. The number of carbonyl (C=O) groups excluding carboxylic acids is 1. The highest BCUT2D eigenvalue weighted by molar-refractivity contribution is 5.95. The zero-order chi connectivity index (χ0) is 27.4. The number of fused-ring (bicyclic) bond motifs is 1. The second kappa shape index (κ2) is 11.1. The maximum absolute atomic E-state index is 13.7. The van der Waals surface area contributed by atoms with Gasteiger partial charge in [0.1, 0.15) is 12.4 Å². The summed E-state index contributed by atoms with van der Waals surface area (Å²) in [7, 11) is 6.03. The Hall–Kier alpha value is -4.08. The van der Waals surface area contributed by atoms with Gasteiger partial charge in [-0.2, -0.15) is 13.2 Å². The molecule has 3 aromatic carbocycles. The van der Waals surface area contributed by atoms with Crippen LogP contribution in [0.3, 0.4) is 0 Å². The number of methoxy groups -OCH3 is 4. The van der Waals surface area contributed by atoms with Gasteiger partial charge in [-0.15, -0.1) is 0 Å². The maximum atomic E-state index is 13.7. The van der Waals surface area contributed by atoms with Crippen LogP contribution in [0.5, 0.6) is 28.7 Å². The molecule has 0 saturated carbocycles. The van der Waals surface area contributed by atoms with Gasteiger partial charge in [0.2, 0.25) is 0 Å². The molecule has 1 aliphatic heterocycles. The number of hydrogen-bond acceptors (Lipinski definition) is 6. The second-order valence-corrected chi connectivity index (χ2v) is 8.58. The zero-order valence-corrected chi connectivity index (χ0v) is 21.4. The Labute approximate surface area is 218 Å². The fraction of sp³-hybridized carbons (Fsp3) is 0.321. The van der Waals surface area contributed by atoms with Gasteiger partial charge in [-0.3, -0.25) is 4.79 Å². The molecule has 0 radical (unpaired) electrons. The number of benzene rings is 3. The van der Waals surface area contributed by atoms with E-state index in [1.807, 2.05) is 6.07 Å². The van der Waals surface area contributed by atoms with Crippen LogP contribution in [0.25, 0.3) is 0 Å². The van der Waals surface area contributed by atoms with E-state index < -0.39 is 17.8 Å². The lowest BCUT2D eigenvalue weighted by Crippen LogP contribution is -2.42. The lowest BCUT2D eigenvalue weighted by atomic mass is 9.91. The molecule has 4 rings (SSSR count). The molecule has 1 aliphatic rings. The lowest BCUT2D eigenvalue weighted by molar-refractivity contribution is -0.137. The van der Waals surface area contributed by atoms with Crippen LogP contribution in [0.1, 0.15) is 33.1 Å². The highest BCUT2D eigenvalue weighted by atomic mass is 19.4. The van der Waals surface area contributed by atoms with E-state index in [4.69, 9.17) is 23.7 Å². The molecule has 202 valence electrons. The Morgan fingerprint density at radius 1 is 0.868 bits per heavy atom. The second-order valence-electron chi connectivity index (χ2n) is 8.58. The summed E-state index contributed by atoms with van der Waals surface area (Å²) in [6, 6.07) is 12.5. The van der Waals surface area contributed by atoms with Crippen LogP contribution in [0.2, 0.25) is 0 Å². The predicted molar refractivity (Wildman–Crippen MR) is 134 cm³/mol. The van der Waals surface area contributed by atoms with Gasteiger partial charge in [-0.05, 0) is 66.1 Å². The number of halogens is 3. The summed E-state index contributed by atoms with van der Waals surface area (Å²) in [4.78, 5) is 15.4. The number of nitrogens with zero attached hydrogens (tertiary/aromatic N) is 1. The SMILES string of the molecule is COc1ccc(C(=O)N2CCc3cc(OC)c(OC)cc3[C@@H]2COc2cccc(C(F)(F)F)c2)cc1OC. The molecule has 1 amide bonds. The first-order chi connectivity index (χ1) is 18.2. The molecule has 0 unspecified atom stereocenters. The Morgan fingerprint density at radius 3 is 2.18 bits per heavy atom. The van der Waals surface area contributed by atoms with Gasteiger partial charge in [-0.25, -0.2) is 0 Å². The summed E-state index contributed by atoms with van der Waals surface area (Å²) in [6.07, 6.45) is -3.97. The van der Waals surface area contributed by atoms with Crippen LogP contribution in [0, 0.1) is 0 Å². The van der Waals surface area contributed by atoms with Crippen LogP contribution in [-0.4, -0.2) is 52.4 Å². The van der Waals surface area contributed by atoms with E-state index in [0.717, 1.165) is 23.3 Å². The lowest BCUT2D eigenvalue weighted by Gasteiger charge is -2.37. The summed E-state index contributed by atoms with van der Waals surface area (Å²) >= 11 is 0. The van der Waals surface area contributed by atoms with E-state index in [9.17, 15) is 18.0 Å². The summed E-state index contributed by atoms with van der Waals surface area (Å²) < 4.78 is 67.1. The van der Waals surface area contributed by atoms with E-state index in [1.54, 1.807) is 29.2 Å². The van der Waals surface area contributed by atoms with E-state index in [-0.39, 0.29) is 18.3 Å². The number of rotatable bonds is 8. The fourth-order valence-corrected chi connectivity index (χ4v) is 4.52. The number of hydrogen-bond donors (Lipinski definition) is 0.